The highest BCUT2D eigenvalue weighted by molar-refractivity contribution is 5.76. The van der Waals surface area contributed by atoms with Crippen molar-refractivity contribution in [1.29, 1.82) is 0 Å². The van der Waals surface area contributed by atoms with Gasteiger partial charge in [-0.2, -0.15) is 0 Å². The smallest absolute Gasteiger partial charge is 0.225 e. The number of nitrogens with zero attached hydrogens (tertiary/aromatic N) is 4. The molecule has 0 radical (unpaired) electrons. The molecule has 0 saturated carbocycles. The van der Waals surface area contributed by atoms with Crippen LogP contribution in [-0.2, 0) is 16.1 Å². The summed E-state index contributed by atoms with van der Waals surface area (Å²) in [6.07, 6.45) is 5.24. The van der Waals surface area contributed by atoms with Crippen molar-refractivity contribution in [2.45, 2.75) is 31.6 Å². The molecule has 4 rings (SSSR count). The zero-order valence-electron chi connectivity index (χ0n) is 14.2. The molecule has 3 atom stereocenters. The summed E-state index contributed by atoms with van der Waals surface area (Å²) in [6.45, 7) is 1.86. The van der Waals surface area contributed by atoms with Crippen LogP contribution in [0.4, 0.5) is 10.3 Å². The number of anilines is 1. The van der Waals surface area contributed by atoms with Gasteiger partial charge in [0.1, 0.15) is 0 Å². The second-order valence-corrected chi connectivity index (χ2v) is 6.70. The van der Waals surface area contributed by atoms with Crippen molar-refractivity contribution in [3.8, 4) is 0 Å². The first kappa shape index (κ1) is 16.8. The number of rotatable bonds is 5. The van der Waals surface area contributed by atoms with E-state index in [0.29, 0.717) is 31.4 Å². The molecule has 8 heteroatoms. The lowest BCUT2D eigenvalue weighted by molar-refractivity contribution is -0.123. The minimum absolute atomic E-state index is 0.0284. The molecule has 0 unspecified atom stereocenters. The van der Waals surface area contributed by atoms with E-state index in [2.05, 4.69) is 20.3 Å². The van der Waals surface area contributed by atoms with Crippen LogP contribution >= 0.6 is 0 Å². The molecule has 0 spiro atoms. The molecule has 4 heterocycles. The first-order chi connectivity index (χ1) is 12.7. The molecule has 2 aromatic rings. The number of hydrogen-bond donors (Lipinski definition) is 1. The molecule has 1 amide bonds. The zero-order valence-corrected chi connectivity index (χ0v) is 14.2. The van der Waals surface area contributed by atoms with E-state index in [1.165, 1.54) is 12.4 Å². The average molecular weight is 357 g/mol. The lowest BCUT2D eigenvalue weighted by Gasteiger charge is -2.19. The summed E-state index contributed by atoms with van der Waals surface area (Å²) in [7, 11) is 0. The molecule has 26 heavy (non-hydrogen) atoms. The van der Waals surface area contributed by atoms with Crippen LogP contribution < -0.4 is 10.2 Å². The van der Waals surface area contributed by atoms with E-state index in [1.54, 1.807) is 6.20 Å². The number of hydrogen-bond acceptors (Lipinski definition) is 6. The number of carbonyl (C=O) groups excluding carboxylic acids is 1. The Hall–Kier alpha value is -2.61. The van der Waals surface area contributed by atoms with Crippen LogP contribution in [0.3, 0.4) is 0 Å². The number of pyridine rings is 1. The van der Waals surface area contributed by atoms with Crippen LogP contribution in [-0.4, -0.2) is 46.2 Å². The van der Waals surface area contributed by atoms with Gasteiger partial charge < -0.3 is 15.0 Å². The Morgan fingerprint density at radius 2 is 2.12 bits per heavy atom. The summed E-state index contributed by atoms with van der Waals surface area (Å²) in [5.74, 6) is 0.395. The molecular weight excluding hydrogens is 337 g/mol. The minimum Gasteiger partial charge on any atom is -0.372 e. The summed E-state index contributed by atoms with van der Waals surface area (Å²) in [4.78, 5) is 26.4. The van der Waals surface area contributed by atoms with Gasteiger partial charge >= 0.3 is 0 Å². The molecule has 2 fully saturated rings. The second-order valence-electron chi connectivity index (χ2n) is 6.70. The van der Waals surface area contributed by atoms with Gasteiger partial charge in [0.2, 0.25) is 11.9 Å². The molecule has 2 aliphatic rings. The molecular formula is C18H20FN5O2. The molecule has 136 valence electrons. The number of amides is 1. The molecule has 0 aromatic carbocycles. The molecule has 2 aromatic heterocycles. The van der Waals surface area contributed by atoms with E-state index in [9.17, 15) is 9.18 Å². The van der Waals surface area contributed by atoms with E-state index in [-0.39, 0.29) is 18.1 Å². The summed E-state index contributed by atoms with van der Waals surface area (Å²) in [6, 6.07) is 5.62. The number of aromatic nitrogens is 3. The quantitative estimate of drug-likeness (QED) is 0.869. The van der Waals surface area contributed by atoms with Gasteiger partial charge in [-0.25, -0.2) is 14.4 Å². The first-order valence-corrected chi connectivity index (χ1v) is 8.72. The van der Waals surface area contributed by atoms with Crippen LogP contribution in [0.5, 0.6) is 0 Å². The molecule has 1 N–H and O–H groups in total. The van der Waals surface area contributed by atoms with Crippen molar-refractivity contribution in [2.75, 3.05) is 18.0 Å². The SMILES string of the molecule is O=C(C[C@@H]1C[C@@H]2CN(c3ncc(F)cn3)C[C@@H]2O1)NCc1ccccn1. The van der Waals surface area contributed by atoms with Gasteiger partial charge in [-0.15, -0.1) is 0 Å². The molecule has 2 saturated heterocycles. The lowest BCUT2D eigenvalue weighted by Crippen LogP contribution is -2.30. The fourth-order valence-corrected chi connectivity index (χ4v) is 3.60. The van der Waals surface area contributed by atoms with Gasteiger partial charge in [-0.3, -0.25) is 9.78 Å². The monoisotopic (exact) mass is 357 g/mol. The fraction of sp³-hybridized carbons (Fsp3) is 0.444. The molecule has 0 aliphatic carbocycles. The van der Waals surface area contributed by atoms with Gasteiger partial charge in [0, 0.05) is 25.2 Å². The van der Waals surface area contributed by atoms with Crippen LogP contribution in [0, 0.1) is 11.7 Å². The largest absolute Gasteiger partial charge is 0.372 e. The topological polar surface area (TPSA) is 80.2 Å². The normalized spacial score (nSPS) is 24.5. The van der Waals surface area contributed by atoms with Crippen molar-refractivity contribution in [3.05, 3.63) is 48.3 Å². The Morgan fingerprint density at radius 3 is 2.85 bits per heavy atom. The Bertz CT molecular complexity index is 744. The van der Waals surface area contributed by atoms with E-state index in [4.69, 9.17) is 4.74 Å². The standard InChI is InChI=1S/C18H20FN5O2/c19-13-7-22-18(23-8-13)24-10-12-5-15(26-16(12)11-24)6-17(25)21-9-14-3-1-2-4-20-14/h1-4,7-8,12,15-16H,5-6,9-11H2,(H,21,25)/t12-,15+,16+/m1/s1. The van der Waals surface area contributed by atoms with Crippen LogP contribution in [0.2, 0.25) is 0 Å². The van der Waals surface area contributed by atoms with Crippen molar-refractivity contribution >= 4 is 11.9 Å². The Labute approximate surface area is 150 Å². The van der Waals surface area contributed by atoms with E-state index in [1.807, 2.05) is 23.1 Å². The summed E-state index contributed by atoms with van der Waals surface area (Å²) in [5, 5.41) is 2.88. The Balaban J connectivity index is 1.24. The van der Waals surface area contributed by atoms with Crippen molar-refractivity contribution < 1.29 is 13.9 Å². The Morgan fingerprint density at radius 1 is 1.27 bits per heavy atom. The van der Waals surface area contributed by atoms with Gasteiger partial charge in [0.05, 0.1) is 43.3 Å². The highest BCUT2D eigenvalue weighted by atomic mass is 19.1. The minimum atomic E-state index is -0.443. The zero-order chi connectivity index (χ0) is 17.9. The van der Waals surface area contributed by atoms with Gasteiger partial charge in [-0.05, 0) is 18.6 Å². The average Bonchev–Trinajstić information content (AvgIpc) is 3.20. The molecule has 7 nitrogen and oxygen atoms in total. The predicted molar refractivity (Wildman–Crippen MR) is 91.7 cm³/mol. The summed E-state index contributed by atoms with van der Waals surface area (Å²) in [5.41, 5.74) is 0.833. The third kappa shape index (κ3) is 3.80. The molecule has 2 aliphatic heterocycles. The maximum atomic E-state index is 12.9. The molecule has 0 bridgehead atoms. The van der Waals surface area contributed by atoms with E-state index in [0.717, 1.165) is 18.7 Å². The van der Waals surface area contributed by atoms with Crippen molar-refractivity contribution in [3.63, 3.8) is 0 Å². The van der Waals surface area contributed by atoms with E-state index < -0.39 is 5.82 Å². The first-order valence-electron chi connectivity index (χ1n) is 8.72. The van der Waals surface area contributed by atoms with Crippen molar-refractivity contribution in [2.24, 2.45) is 5.92 Å². The number of halogens is 1. The number of carbonyl (C=O) groups is 1. The van der Waals surface area contributed by atoms with Crippen LogP contribution in [0.1, 0.15) is 18.5 Å². The van der Waals surface area contributed by atoms with Crippen LogP contribution in [0.25, 0.3) is 0 Å². The van der Waals surface area contributed by atoms with Crippen molar-refractivity contribution in [1.82, 2.24) is 20.3 Å². The van der Waals surface area contributed by atoms with Crippen LogP contribution in [0.15, 0.2) is 36.8 Å². The number of fused-ring (bicyclic) bond motifs is 1. The maximum Gasteiger partial charge on any atom is 0.225 e. The highest BCUT2D eigenvalue weighted by Gasteiger charge is 2.43. The summed E-state index contributed by atoms with van der Waals surface area (Å²) >= 11 is 0. The fourth-order valence-electron chi connectivity index (χ4n) is 3.60. The van der Waals surface area contributed by atoms with Gasteiger partial charge in [-0.1, -0.05) is 6.07 Å². The lowest BCUT2D eigenvalue weighted by atomic mass is 10.0. The third-order valence-corrected chi connectivity index (χ3v) is 4.81. The maximum absolute atomic E-state index is 12.9. The van der Waals surface area contributed by atoms with E-state index >= 15 is 0 Å². The second kappa shape index (κ2) is 7.33. The highest BCUT2D eigenvalue weighted by Crippen LogP contribution is 2.35. The predicted octanol–water partition coefficient (Wildman–Crippen LogP) is 1.31. The van der Waals surface area contributed by atoms with Gasteiger partial charge in [0.15, 0.2) is 5.82 Å². The van der Waals surface area contributed by atoms with Gasteiger partial charge in [0.25, 0.3) is 0 Å². The summed E-state index contributed by atoms with van der Waals surface area (Å²) < 4.78 is 19.0. The Kier molecular flexibility index (Phi) is 4.75. The number of nitrogens with one attached hydrogen (secondary N) is 1. The third-order valence-electron chi connectivity index (χ3n) is 4.81. The number of ether oxygens (including phenoxy) is 1.